The number of benzene rings is 2. The van der Waals surface area contributed by atoms with Gasteiger partial charge in [-0.25, -0.2) is 17.8 Å². The minimum atomic E-state index is -3.93. The molecule has 1 fully saturated rings. The second kappa shape index (κ2) is 13.0. The summed E-state index contributed by atoms with van der Waals surface area (Å²) in [6, 6.07) is 16.7. The number of carbonyl (C=O) groups is 3. The molecule has 216 valence electrons. The fourth-order valence-electron chi connectivity index (χ4n) is 4.73. The molecule has 2 aromatic carbocycles. The van der Waals surface area contributed by atoms with Gasteiger partial charge in [0, 0.05) is 19.0 Å². The molecule has 11 heteroatoms. The normalized spacial score (nSPS) is 16.1. The lowest BCUT2D eigenvalue weighted by Gasteiger charge is -2.27. The van der Waals surface area contributed by atoms with Gasteiger partial charge in [-0.2, -0.15) is 9.37 Å². The van der Waals surface area contributed by atoms with Crippen LogP contribution >= 0.6 is 0 Å². The molecule has 1 N–H and O–H groups in total. The molecule has 0 radical (unpaired) electrons. The number of pyridine rings is 1. The average Bonchev–Trinajstić information content (AvgIpc) is 3.47. The fourth-order valence-corrected chi connectivity index (χ4v) is 6.38. The Morgan fingerprint density at radius 3 is 2.44 bits per heavy atom. The SMILES string of the molecule is CCN(OC(=O)C(Cc1ccccc1)NC(=O)C1CCCN1S(=O)(=O)c1ccc(C)cc1)C(=O)c1ccc[n+](C)c1. The van der Waals surface area contributed by atoms with Crippen LogP contribution in [0.2, 0.25) is 0 Å². The number of aryl methyl sites for hydroxylation is 2. The number of aromatic nitrogens is 1. The van der Waals surface area contributed by atoms with Crippen molar-refractivity contribution in [2.45, 2.75) is 50.1 Å². The van der Waals surface area contributed by atoms with Gasteiger partial charge < -0.3 is 10.2 Å². The number of amides is 2. The van der Waals surface area contributed by atoms with Crippen molar-refractivity contribution < 1.29 is 32.2 Å². The van der Waals surface area contributed by atoms with E-state index in [4.69, 9.17) is 4.84 Å². The Morgan fingerprint density at radius 2 is 1.78 bits per heavy atom. The zero-order valence-corrected chi connectivity index (χ0v) is 24.2. The van der Waals surface area contributed by atoms with Crippen LogP contribution in [0.15, 0.2) is 84.0 Å². The second-order valence-electron chi connectivity index (χ2n) is 10.0. The maximum absolute atomic E-state index is 13.5. The molecule has 0 bridgehead atoms. The van der Waals surface area contributed by atoms with Gasteiger partial charge in [-0.15, -0.1) is 0 Å². The Kier molecular flexibility index (Phi) is 9.51. The number of nitrogens with one attached hydrogen (secondary N) is 1. The highest BCUT2D eigenvalue weighted by atomic mass is 32.2. The van der Waals surface area contributed by atoms with E-state index in [0.29, 0.717) is 18.4 Å². The summed E-state index contributed by atoms with van der Waals surface area (Å²) in [7, 11) is -2.16. The summed E-state index contributed by atoms with van der Waals surface area (Å²) in [5.41, 5.74) is 2.01. The molecule has 1 saturated heterocycles. The zero-order chi connectivity index (χ0) is 29.6. The maximum atomic E-state index is 13.5. The van der Waals surface area contributed by atoms with Crippen LogP contribution in [0.1, 0.15) is 41.3 Å². The molecule has 1 aliphatic heterocycles. The van der Waals surface area contributed by atoms with Crippen molar-refractivity contribution in [3.63, 3.8) is 0 Å². The molecule has 4 rings (SSSR count). The lowest BCUT2D eigenvalue weighted by molar-refractivity contribution is -0.671. The quantitative estimate of drug-likeness (QED) is 0.307. The first kappa shape index (κ1) is 29.9. The Hall–Kier alpha value is -4.09. The van der Waals surface area contributed by atoms with Crippen LogP contribution in [-0.4, -0.2) is 60.7 Å². The van der Waals surface area contributed by atoms with Crippen molar-refractivity contribution >= 4 is 27.8 Å². The lowest BCUT2D eigenvalue weighted by Crippen LogP contribution is -2.52. The monoisotopic (exact) mass is 579 g/mol. The highest BCUT2D eigenvalue weighted by Gasteiger charge is 2.41. The molecular formula is C30H35N4O6S+. The van der Waals surface area contributed by atoms with Crippen molar-refractivity contribution in [3.8, 4) is 0 Å². The largest absolute Gasteiger partial charge is 0.354 e. The van der Waals surface area contributed by atoms with E-state index in [1.165, 1.54) is 16.4 Å². The standard InChI is InChI=1S/C30H34N4O6S/c1-4-33(29(36)24-12-8-18-32(3)21-24)40-30(37)26(20-23-10-6-5-7-11-23)31-28(35)27-13-9-19-34(27)41(38,39)25-16-14-22(2)15-17-25/h5-8,10-12,14-18,21,26-27H,4,9,13,19-20H2,1-3H3/p+1. The summed E-state index contributed by atoms with van der Waals surface area (Å²) in [5, 5.41) is 3.68. The summed E-state index contributed by atoms with van der Waals surface area (Å²) in [6.07, 6.45) is 4.30. The third-order valence-corrected chi connectivity index (χ3v) is 8.84. The van der Waals surface area contributed by atoms with E-state index < -0.39 is 39.9 Å². The smallest absolute Gasteiger partial charge is 0.341 e. The topological polar surface area (TPSA) is 117 Å². The minimum absolute atomic E-state index is 0.0837. The van der Waals surface area contributed by atoms with Crippen molar-refractivity contribution in [2.24, 2.45) is 7.05 Å². The van der Waals surface area contributed by atoms with Crippen molar-refractivity contribution in [2.75, 3.05) is 13.1 Å². The summed E-state index contributed by atoms with van der Waals surface area (Å²) in [6.45, 7) is 3.81. The molecule has 0 spiro atoms. The van der Waals surface area contributed by atoms with E-state index in [9.17, 15) is 22.8 Å². The third kappa shape index (κ3) is 7.17. The van der Waals surface area contributed by atoms with Gasteiger partial charge in [0.2, 0.25) is 15.9 Å². The summed E-state index contributed by atoms with van der Waals surface area (Å²) in [5.74, 6) is -1.93. The number of hydrogen-bond donors (Lipinski definition) is 1. The van der Waals surface area contributed by atoms with Gasteiger partial charge in [0.25, 0.3) is 5.91 Å². The second-order valence-corrected chi connectivity index (χ2v) is 11.9. The average molecular weight is 580 g/mol. The van der Waals surface area contributed by atoms with Crippen molar-refractivity contribution in [1.29, 1.82) is 0 Å². The van der Waals surface area contributed by atoms with Gasteiger partial charge >= 0.3 is 5.97 Å². The van der Waals surface area contributed by atoms with E-state index in [2.05, 4.69) is 5.32 Å². The van der Waals surface area contributed by atoms with E-state index >= 15 is 0 Å². The lowest BCUT2D eigenvalue weighted by atomic mass is 10.1. The van der Waals surface area contributed by atoms with Gasteiger partial charge in [-0.3, -0.25) is 9.59 Å². The van der Waals surface area contributed by atoms with Gasteiger partial charge in [0.15, 0.2) is 12.4 Å². The van der Waals surface area contributed by atoms with Crippen LogP contribution in [0.5, 0.6) is 0 Å². The van der Waals surface area contributed by atoms with Crippen LogP contribution in [0.3, 0.4) is 0 Å². The van der Waals surface area contributed by atoms with E-state index in [0.717, 1.165) is 16.2 Å². The highest BCUT2D eigenvalue weighted by molar-refractivity contribution is 7.89. The molecule has 10 nitrogen and oxygen atoms in total. The van der Waals surface area contributed by atoms with Gasteiger partial charge in [0.05, 0.1) is 11.4 Å². The molecule has 2 heterocycles. The number of nitrogens with zero attached hydrogens (tertiary/aromatic N) is 3. The number of hydrogen-bond acceptors (Lipinski definition) is 6. The van der Waals surface area contributed by atoms with Crippen LogP contribution in [-0.2, 0) is 37.9 Å². The first-order valence-electron chi connectivity index (χ1n) is 13.5. The number of rotatable bonds is 9. The third-order valence-electron chi connectivity index (χ3n) is 6.92. The highest BCUT2D eigenvalue weighted by Crippen LogP contribution is 2.26. The Balaban J connectivity index is 1.54. The molecule has 2 amide bonds. The van der Waals surface area contributed by atoms with Crippen LogP contribution < -0.4 is 9.88 Å². The molecule has 2 unspecified atom stereocenters. The van der Waals surface area contributed by atoms with Crippen LogP contribution in [0.25, 0.3) is 0 Å². The van der Waals surface area contributed by atoms with E-state index in [1.807, 2.05) is 37.3 Å². The molecule has 1 aromatic heterocycles. The molecule has 41 heavy (non-hydrogen) atoms. The van der Waals surface area contributed by atoms with Gasteiger partial charge in [-0.05, 0) is 50.5 Å². The fraction of sp³-hybridized carbons (Fsp3) is 0.333. The number of sulfonamides is 1. The Morgan fingerprint density at radius 1 is 1.07 bits per heavy atom. The molecule has 0 aliphatic carbocycles. The van der Waals surface area contributed by atoms with E-state index in [1.54, 1.807) is 55.2 Å². The predicted molar refractivity (Wildman–Crippen MR) is 151 cm³/mol. The molecule has 2 atom stereocenters. The van der Waals surface area contributed by atoms with E-state index in [-0.39, 0.29) is 24.4 Å². The molecular weight excluding hydrogens is 544 g/mol. The molecule has 1 aliphatic rings. The Bertz CT molecular complexity index is 1490. The van der Waals surface area contributed by atoms with Crippen LogP contribution in [0, 0.1) is 6.92 Å². The zero-order valence-electron chi connectivity index (χ0n) is 23.4. The summed E-state index contributed by atoms with van der Waals surface area (Å²) >= 11 is 0. The van der Waals surface area contributed by atoms with Crippen molar-refractivity contribution in [3.05, 3.63) is 95.8 Å². The molecule has 0 saturated carbocycles. The number of hydroxylamine groups is 2. The van der Waals surface area contributed by atoms with Gasteiger partial charge in [0.1, 0.15) is 24.7 Å². The first-order valence-corrected chi connectivity index (χ1v) is 15.0. The Labute approximate surface area is 240 Å². The first-order chi connectivity index (χ1) is 19.6. The van der Waals surface area contributed by atoms with Gasteiger partial charge in [-0.1, -0.05) is 48.0 Å². The number of carbonyl (C=O) groups excluding carboxylic acids is 3. The predicted octanol–water partition coefficient (Wildman–Crippen LogP) is 2.32. The van der Waals surface area contributed by atoms with Crippen molar-refractivity contribution in [1.82, 2.24) is 14.7 Å². The van der Waals surface area contributed by atoms with Crippen LogP contribution in [0.4, 0.5) is 0 Å². The minimum Gasteiger partial charge on any atom is -0.341 e. The summed E-state index contributed by atoms with van der Waals surface area (Å²) in [4.78, 5) is 45.6. The maximum Gasteiger partial charge on any atom is 0.354 e. The molecule has 3 aromatic rings. The summed E-state index contributed by atoms with van der Waals surface area (Å²) < 4.78 is 29.7.